The van der Waals surface area contributed by atoms with Gasteiger partial charge in [-0.2, -0.15) is 0 Å². The zero-order chi connectivity index (χ0) is 24.2. The van der Waals surface area contributed by atoms with Crippen molar-refractivity contribution in [1.82, 2.24) is 4.57 Å². The quantitative estimate of drug-likeness (QED) is 0.207. The van der Waals surface area contributed by atoms with Gasteiger partial charge in [0.1, 0.15) is 0 Å². The molecular weight excluding hydrogens is 452 g/mol. The summed E-state index contributed by atoms with van der Waals surface area (Å²) in [6.07, 6.45) is 3.30. The number of anilines is 1. The Kier molecular flexibility index (Phi) is 6.51. The summed E-state index contributed by atoms with van der Waals surface area (Å²) in [6, 6.07) is 33.3. The van der Waals surface area contributed by atoms with Gasteiger partial charge in [-0.05, 0) is 48.9 Å². The van der Waals surface area contributed by atoms with Crippen LogP contribution in [0.5, 0.6) is 0 Å². The molecule has 4 aromatic carbocycles. The Labute approximate surface area is 208 Å². The number of nitrogens with one attached hydrogen (secondary N) is 1. The maximum absolute atomic E-state index is 13.6. The van der Waals surface area contributed by atoms with Crippen LogP contribution in [0.3, 0.4) is 0 Å². The summed E-state index contributed by atoms with van der Waals surface area (Å²) in [5.41, 5.74) is 3.48. The van der Waals surface area contributed by atoms with Gasteiger partial charge in [0, 0.05) is 27.4 Å². The highest BCUT2D eigenvalue weighted by Gasteiger charge is 2.21. The first kappa shape index (κ1) is 22.7. The molecule has 1 N–H and O–H groups in total. The first-order valence-electron chi connectivity index (χ1n) is 11.4. The van der Waals surface area contributed by atoms with E-state index in [2.05, 4.69) is 17.4 Å². The fraction of sp³-hybridized carbons (Fsp3) is 0.0667. The summed E-state index contributed by atoms with van der Waals surface area (Å²) in [5.74, 6) is -0.182. The maximum Gasteiger partial charge on any atom is 0.248 e. The van der Waals surface area contributed by atoms with Gasteiger partial charge in [0.25, 0.3) is 0 Å². The third-order valence-corrected chi connectivity index (χ3v) is 6.87. The van der Waals surface area contributed by atoms with Crippen molar-refractivity contribution in [2.45, 2.75) is 17.1 Å². The summed E-state index contributed by atoms with van der Waals surface area (Å²) < 4.78 is 1.82. The minimum atomic E-state index is -0.321. The molecule has 35 heavy (non-hydrogen) atoms. The van der Waals surface area contributed by atoms with Crippen molar-refractivity contribution in [2.75, 3.05) is 5.32 Å². The zero-order valence-electron chi connectivity index (χ0n) is 19.2. The SMILES string of the molecule is CC(Sc1cccc(NC(=O)/C=C/c2ccccc2)c1)C(=O)n1c2ccccc2c2ccccc21. The average Bonchev–Trinajstić information content (AvgIpc) is 3.22. The molecule has 0 aliphatic heterocycles. The van der Waals surface area contributed by atoms with Gasteiger partial charge in [-0.15, -0.1) is 11.8 Å². The second kappa shape index (κ2) is 10.0. The highest BCUT2D eigenvalue weighted by atomic mass is 32.2. The van der Waals surface area contributed by atoms with E-state index in [-0.39, 0.29) is 17.1 Å². The van der Waals surface area contributed by atoms with Gasteiger partial charge < -0.3 is 5.32 Å². The van der Waals surface area contributed by atoms with Crippen molar-refractivity contribution in [3.63, 3.8) is 0 Å². The number of carbonyl (C=O) groups is 2. The molecule has 0 aliphatic carbocycles. The number of amides is 1. The van der Waals surface area contributed by atoms with Crippen LogP contribution in [0.2, 0.25) is 0 Å². The minimum Gasteiger partial charge on any atom is -0.322 e. The summed E-state index contributed by atoms with van der Waals surface area (Å²) >= 11 is 1.48. The number of thioether (sulfide) groups is 1. The number of benzene rings is 4. The molecule has 5 rings (SSSR count). The van der Waals surface area contributed by atoms with Crippen molar-refractivity contribution < 1.29 is 9.59 Å². The van der Waals surface area contributed by atoms with Crippen LogP contribution in [-0.4, -0.2) is 21.6 Å². The first-order chi connectivity index (χ1) is 17.1. The topological polar surface area (TPSA) is 51.1 Å². The highest BCUT2D eigenvalue weighted by molar-refractivity contribution is 8.00. The Balaban J connectivity index is 1.33. The van der Waals surface area contributed by atoms with Crippen LogP contribution >= 0.6 is 11.8 Å². The van der Waals surface area contributed by atoms with E-state index in [9.17, 15) is 9.59 Å². The third kappa shape index (κ3) is 4.91. The van der Waals surface area contributed by atoms with E-state index in [1.807, 2.05) is 102 Å². The van der Waals surface area contributed by atoms with Crippen LogP contribution in [0.25, 0.3) is 27.9 Å². The average molecular weight is 477 g/mol. The van der Waals surface area contributed by atoms with Gasteiger partial charge in [-0.25, -0.2) is 0 Å². The van der Waals surface area contributed by atoms with Gasteiger partial charge in [0.15, 0.2) is 0 Å². The molecule has 0 aliphatic rings. The number of rotatable bonds is 6. The summed E-state index contributed by atoms with van der Waals surface area (Å²) in [5, 5.41) is 4.72. The standard InChI is InChI=1S/C30H24N2O2S/c1-21(30(34)32-27-16-7-5-14-25(27)26-15-6-8-17-28(26)32)35-24-13-9-12-23(20-24)31-29(33)19-18-22-10-3-2-4-11-22/h2-21H,1H3,(H,31,33)/b19-18+. The molecule has 5 aromatic rings. The van der Waals surface area contributed by atoms with Crippen LogP contribution in [0.4, 0.5) is 5.69 Å². The number of hydrogen-bond donors (Lipinski definition) is 1. The lowest BCUT2D eigenvalue weighted by Gasteiger charge is -2.14. The molecule has 0 saturated carbocycles. The predicted octanol–water partition coefficient (Wildman–Crippen LogP) is 7.27. The summed E-state index contributed by atoms with van der Waals surface area (Å²) in [6.45, 7) is 1.92. The largest absolute Gasteiger partial charge is 0.322 e. The number of fused-ring (bicyclic) bond motifs is 3. The molecule has 1 atom stereocenters. The molecule has 0 radical (unpaired) electrons. The van der Waals surface area contributed by atoms with Crippen molar-refractivity contribution in [1.29, 1.82) is 0 Å². The summed E-state index contributed by atoms with van der Waals surface area (Å²) in [4.78, 5) is 26.9. The van der Waals surface area contributed by atoms with Gasteiger partial charge in [0.05, 0.1) is 16.3 Å². The van der Waals surface area contributed by atoms with E-state index >= 15 is 0 Å². The zero-order valence-corrected chi connectivity index (χ0v) is 20.0. The summed E-state index contributed by atoms with van der Waals surface area (Å²) in [7, 11) is 0. The van der Waals surface area contributed by atoms with E-state index in [4.69, 9.17) is 0 Å². The van der Waals surface area contributed by atoms with E-state index in [0.717, 1.165) is 32.3 Å². The Bertz CT molecular complexity index is 1500. The van der Waals surface area contributed by atoms with Crippen molar-refractivity contribution in [3.05, 3.63) is 115 Å². The minimum absolute atomic E-state index is 0.0210. The number of aromatic nitrogens is 1. The van der Waals surface area contributed by atoms with Crippen LogP contribution < -0.4 is 5.32 Å². The molecule has 0 fully saturated rings. The molecule has 0 bridgehead atoms. The number of nitrogens with zero attached hydrogens (tertiary/aromatic N) is 1. The number of para-hydroxylation sites is 2. The fourth-order valence-corrected chi connectivity index (χ4v) is 5.13. The van der Waals surface area contributed by atoms with Gasteiger partial charge in [-0.3, -0.25) is 14.2 Å². The number of carbonyl (C=O) groups excluding carboxylic acids is 2. The van der Waals surface area contributed by atoms with Crippen LogP contribution in [0.1, 0.15) is 17.3 Å². The molecule has 5 heteroatoms. The smallest absolute Gasteiger partial charge is 0.248 e. The Morgan fingerprint density at radius 3 is 2.11 bits per heavy atom. The molecule has 1 aromatic heterocycles. The van der Waals surface area contributed by atoms with Crippen molar-refractivity contribution in [2.24, 2.45) is 0 Å². The maximum atomic E-state index is 13.6. The fourth-order valence-electron chi connectivity index (χ4n) is 4.16. The second-order valence-corrected chi connectivity index (χ2v) is 9.64. The lowest BCUT2D eigenvalue weighted by atomic mass is 10.2. The molecule has 1 amide bonds. The van der Waals surface area contributed by atoms with Gasteiger partial charge in [0.2, 0.25) is 11.8 Å². The van der Waals surface area contributed by atoms with Crippen LogP contribution in [0.15, 0.2) is 114 Å². The van der Waals surface area contributed by atoms with Crippen LogP contribution in [-0.2, 0) is 4.79 Å². The second-order valence-electron chi connectivity index (χ2n) is 8.23. The van der Waals surface area contributed by atoms with E-state index in [0.29, 0.717) is 5.69 Å². The first-order valence-corrected chi connectivity index (χ1v) is 12.3. The van der Waals surface area contributed by atoms with E-state index in [1.54, 1.807) is 6.08 Å². The van der Waals surface area contributed by atoms with Crippen LogP contribution in [0, 0.1) is 0 Å². The molecule has 1 unspecified atom stereocenters. The van der Waals surface area contributed by atoms with Gasteiger partial charge in [-0.1, -0.05) is 72.8 Å². The Morgan fingerprint density at radius 1 is 0.800 bits per heavy atom. The Hall–Kier alpha value is -4.09. The highest BCUT2D eigenvalue weighted by Crippen LogP contribution is 2.32. The molecule has 1 heterocycles. The molecule has 172 valence electrons. The van der Waals surface area contributed by atoms with Gasteiger partial charge >= 0.3 is 0 Å². The van der Waals surface area contributed by atoms with E-state index in [1.165, 1.54) is 17.8 Å². The molecular formula is C30H24N2O2S. The number of hydrogen-bond acceptors (Lipinski definition) is 3. The predicted molar refractivity (Wildman–Crippen MR) is 146 cm³/mol. The molecule has 0 saturated heterocycles. The molecule has 0 spiro atoms. The monoisotopic (exact) mass is 476 g/mol. The normalized spacial score (nSPS) is 12.3. The lowest BCUT2D eigenvalue weighted by molar-refractivity contribution is -0.111. The lowest BCUT2D eigenvalue weighted by Crippen LogP contribution is -2.21. The van der Waals surface area contributed by atoms with Crippen molar-refractivity contribution >= 4 is 57.1 Å². The van der Waals surface area contributed by atoms with E-state index < -0.39 is 0 Å². The Morgan fingerprint density at radius 2 is 1.43 bits per heavy atom. The molecule has 4 nitrogen and oxygen atoms in total. The third-order valence-electron chi connectivity index (χ3n) is 5.79. The van der Waals surface area contributed by atoms with Crippen molar-refractivity contribution in [3.8, 4) is 0 Å².